The van der Waals surface area contributed by atoms with E-state index in [4.69, 9.17) is 14.2 Å². The van der Waals surface area contributed by atoms with Crippen molar-refractivity contribution in [2.45, 2.75) is 232 Å². The van der Waals surface area contributed by atoms with Crippen molar-refractivity contribution in [2.24, 2.45) is 0 Å². The number of rotatable bonds is 49. The molecule has 0 aliphatic rings. The fourth-order valence-electron chi connectivity index (χ4n) is 7.14. The number of carbonyl (C=O) groups is 2. The molecule has 0 aliphatic carbocycles. The van der Waals surface area contributed by atoms with E-state index in [0.717, 1.165) is 103 Å². The van der Waals surface area contributed by atoms with E-state index in [0.29, 0.717) is 13.0 Å². The van der Waals surface area contributed by atoms with Gasteiger partial charge in [-0.25, -0.2) is 0 Å². The topological polar surface area (TPSA) is 61.8 Å². The molecular weight excluding hydrogens is 837 g/mol. The molecule has 5 nitrogen and oxygen atoms in total. The van der Waals surface area contributed by atoms with Gasteiger partial charge in [-0.1, -0.05) is 231 Å². The molecule has 0 bridgehead atoms. The van der Waals surface area contributed by atoms with Gasteiger partial charge < -0.3 is 14.2 Å². The van der Waals surface area contributed by atoms with Gasteiger partial charge in [0.15, 0.2) is 6.10 Å². The molecule has 0 aromatic carbocycles. The summed E-state index contributed by atoms with van der Waals surface area (Å²) in [6.45, 7) is 7.42. The summed E-state index contributed by atoms with van der Waals surface area (Å²) in [4.78, 5) is 25.4. The molecule has 0 saturated heterocycles. The Morgan fingerprint density at radius 3 is 1.13 bits per heavy atom. The number of carbonyl (C=O) groups excluding carboxylic acids is 2. The highest BCUT2D eigenvalue weighted by Crippen LogP contribution is 2.13. The molecule has 0 N–H and O–H groups in total. The smallest absolute Gasteiger partial charge is 0.310 e. The minimum atomic E-state index is -0.612. The van der Waals surface area contributed by atoms with Crippen LogP contribution in [0, 0.1) is 0 Å². The fraction of sp³-hybridized carbons (Fsp3) is 0.619. The average molecular weight is 940 g/mol. The van der Waals surface area contributed by atoms with Gasteiger partial charge >= 0.3 is 11.9 Å². The zero-order chi connectivity index (χ0) is 49.2. The van der Waals surface area contributed by atoms with Crippen LogP contribution in [0.1, 0.15) is 226 Å². The van der Waals surface area contributed by atoms with Crippen molar-refractivity contribution >= 4 is 11.9 Å². The molecule has 384 valence electrons. The summed E-state index contributed by atoms with van der Waals surface area (Å²) >= 11 is 0. The molecule has 0 aromatic heterocycles. The predicted molar refractivity (Wildman–Crippen MR) is 297 cm³/mol. The van der Waals surface area contributed by atoms with Gasteiger partial charge in [-0.3, -0.25) is 9.59 Å². The molecule has 0 spiro atoms. The highest BCUT2D eigenvalue weighted by atomic mass is 16.6. The number of hydrogen-bond donors (Lipinski definition) is 0. The van der Waals surface area contributed by atoms with Crippen LogP contribution in [0.2, 0.25) is 0 Å². The van der Waals surface area contributed by atoms with Gasteiger partial charge in [0.1, 0.15) is 6.61 Å². The van der Waals surface area contributed by atoms with E-state index < -0.39 is 6.10 Å². The lowest BCUT2D eigenvalue weighted by Gasteiger charge is -2.18. The Morgan fingerprint density at radius 2 is 0.706 bits per heavy atom. The van der Waals surface area contributed by atoms with Gasteiger partial charge in [0, 0.05) is 13.0 Å². The van der Waals surface area contributed by atoms with Gasteiger partial charge in [-0.2, -0.15) is 0 Å². The summed E-state index contributed by atoms with van der Waals surface area (Å²) in [7, 11) is 0. The standard InChI is InChI=1S/C63H102O5/c1-4-7-10-13-16-19-22-25-28-30-32-33-36-38-41-44-47-50-53-56-62(64)67-60-61(68-63(65)57-54-51-48-45-42-39-35-27-24-21-18-15-12-9-6-3)59-66-58-55-52-49-46-43-40-37-34-31-29-26-23-20-17-14-11-8-5-2/h8-9,11-12,16-21,25-29,34-35,37,42,45,51,54,61H,4-7,10,13-15,22-24,30-33,36,38-41,43-44,46-50,52-53,55-60H2,1-3H3/b11-8-,12-9-,19-16-,20-17-,21-18-,28-25-,29-26-,35-27-,37-34-,45-42-,54-51-. The summed E-state index contributed by atoms with van der Waals surface area (Å²) < 4.78 is 17.3. The predicted octanol–water partition coefficient (Wildman–Crippen LogP) is 19.1. The van der Waals surface area contributed by atoms with E-state index in [2.05, 4.69) is 142 Å². The van der Waals surface area contributed by atoms with E-state index in [1.165, 1.54) is 89.9 Å². The Hall–Kier alpha value is -3.96. The SMILES string of the molecule is CC/C=C\C/C=C\C/C=C\C/C=C\C/C=C\CC(=O)OC(COCCCCCCC/C=C\C/C=C\C/C=C\C/C=C\CC)COC(=O)CCCCCCCCCCC/C=C\C/C=C\CCCCC. The van der Waals surface area contributed by atoms with Gasteiger partial charge in [0.05, 0.1) is 13.0 Å². The monoisotopic (exact) mass is 939 g/mol. The maximum atomic E-state index is 12.8. The third kappa shape index (κ3) is 54.6. The molecule has 1 unspecified atom stereocenters. The van der Waals surface area contributed by atoms with Crippen molar-refractivity contribution in [1.82, 2.24) is 0 Å². The maximum absolute atomic E-state index is 12.8. The van der Waals surface area contributed by atoms with Gasteiger partial charge in [0.2, 0.25) is 0 Å². The van der Waals surface area contributed by atoms with E-state index in [1.54, 1.807) is 0 Å². The van der Waals surface area contributed by atoms with Crippen LogP contribution in [-0.2, 0) is 23.8 Å². The second-order valence-corrected chi connectivity index (χ2v) is 17.7. The summed E-state index contributed by atoms with van der Waals surface area (Å²) in [5.41, 5.74) is 0. The van der Waals surface area contributed by atoms with Gasteiger partial charge in [-0.15, -0.1) is 0 Å². The quantitative estimate of drug-likeness (QED) is 0.0345. The molecule has 0 fully saturated rings. The lowest BCUT2D eigenvalue weighted by Crippen LogP contribution is -2.29. The molecule has 0 aliphatic heterocycles. The van der Waals surface area contributed by atoms with Crippen molar-refractivity contribution < 1.29 is 23.8 Å². The van der Waals surface area contributed by atoms with E-state index in [9.17, 15) is 9.59 Å². The fourth-order valence-corrected chi connectivity index (χ4v) is 7.14. The number of ether oxygens (including phenoxy) is 3. The van der Waals surface area contributed by atoms with Crippen LogP contribution < -0.4 is 0 Å². The zero-order valence-electron chi connectivity index (χ0n) is 44.1. The van der Waals surface area contributed by atoms with E-state index in [1.807, 2.05) is 12.2 Å². The lowest BCUT2D eigenvalue weighted by atomic mass is 10.1. The van der Waals surface area contributed by atoms with Crippen molar-refractivity contribution in [3.8, 4) is 0 Å². The van der Waals surface area contributed by atoms with Crippen molar-refractivity contribution in [3.05, 3.63) is 134 Å². The number of allylic oxidation sites excluding steroid dienone is 21. The van der Waals surface area contributed by atoms with Crippen molar-refractivity contribution in [2.75, 3.05) is 19.8 Å². The summed E-state index contributed by atoms with van der Waals surface area (Å²) in [5.74, 6) is -0.566. The molecule has 0 heterocycles. The Morgan fingerprint density at radius 1 is 0.353 bits per heavy atom. The first-order chi connectivity index (χ1) is 33.6. The molecular formula is C63H102O5. The Bertz CT molecular complexity index is 1430. The van der Waals surface area contributed by atoms with E-state index >= 15 is 0 Å². The molecule has 0 radical (unpaired) electrons. The van der Waals surface area contributed by atoms with Crippen LogP contribution in [-0.4, -0.2) is 37.9 Å². The van der Waals surface area contributed by atoms with Crippen LogP contribution in [0.3, 0.4) is 0 Å². The first-order valence-electron chi connectivity index (χ1n) is 27.7. The highest BCUT2D eigenvalue weighted by Gasteiger charge is 2.17. The molecule has 0 amide bonds. The molecule has 0 saturated carbocycles. The normalized spacial score (nSPS) is 13.3. The van der Waals surface area contributed by atoms with Crippen molar-refractivity contribution in [3.63, 3.8) is 0 Å². The van der Waals surface area contributed by atoms with Gasteiger partial charge in [0.25, 0.3) is 0 Å². The summed E-state index contributed by atoms with van der Waals surface area (Å²) in [6.07, 6.45) is 82.1. The van der Waals surface area contributed by atoms with Crippen LogP contribution in [0.5, 0.6) is 0 Å². The molecule has 0 aromatic rings. The van der Waals surface area contributed by atoms with E-state index in [-0.39, 0.29) is 31.6 Å². The Kier molecular flexibility index (Phi) is 54.0. The van der Waals surface area contributed by atoms with Crippen molar-refractivity contribution in [1.29, 1.82) is 0 Å². The number of unbranched alkanes of at least 4 members (excludes halogenated alkanes) is 17. The van der Waals surface area contributed by atoms with Crippen LogP contribution in [0.4, 0.5) is 0 Å². The zero-order valence-corrected chi connectivity index (χ0v) is 44.1. The summed E-state index contributed by atoms with van der Waals surface area (Å²) in [6, 6.07) is 0. The summed E-state index contributed by atoms with van der Waals surface area (Å²) in [5, 5.41) is 0. The third-order valence-corrected chi connectivity index (χ3v) is 11.2. The maximum Gasteiger partial charge on any atom is 0.310 e. The third-order valence-electron chi connectivity index (χ3n) is 11.2. The Balaban J connectivity index is 4.43. The second kappa shape index (κ2) is 57.4. The number of esters is 2. The highest BCUT2D eigenvalue weighted by molar-refractivity contribution is 5.71. The molecule has 1 atom stereocenters. The minimum absolute atomic E-state index is 0.0273. The first-order valence-corrected chi connectivity index (χ1v) is 27.7. The molecule has 0 rings (SSSR count). The Labute approximate surface area is 419 Å². The molecule has 68 heavy (non-hydrogen) atoms. The number of hydrogen-bond acceptors (Lipinski definition) is 5. The van der Waals surface area contributed by atoms with Crippen LogP contribution in [0.25, 0.3) is 0 Å². The average Bonchev–Trinajstić information content (AvgIpc) is 3.34. The lowest BCUT2D eigenvalue weighted by molar-refractivity contribution is -0.162. The first kappa shape index (κ1) is 64.0. The van der Waals surface area contributed by atoms with Crippen LogP contribution >= 0.6 is 0 Å². The largest absolute Gasteiger partial charge is 0.462 e. The molecule has 5 heteroatoms. The minimum Gasteiger partial charge on any atom is -0.462 e. The second-order valence-electron chi connectivity index (χ2n) is 17.7. The van der Waals surface area contributed by atoms with Crippen LogP contribution in [0.15, 0.2) is 134 Å². The van der Waals surface area contributed by atoms with Gasteiger partial charge in [-0.05, 0) is 116 Å².